The van der Waals surface area contributed by atoms with Gasteiger partial charge in [-0.1, -0.05) is 6.92 Å². The number of thiazole rings is 1. The molecule has 6 nitrogen and oxygen atoms in total. The van der Waals surface area contributed by atoms with Gasteiger partial charge in [0.25, 0.3) is 0 Å². The number of rotatable bonds is 4. The monoisotopic (exact) mass is 379 g/mol. The smallest absolute Gasteiger partial charge is 0.308 e. The maximum atomic E-state index is 12.9. The molecule has 0 spiro atoms. The third-order valence-electron chi connectivity index (χ3n) is 3.37. The Morgan fingerprint density at radius 1 is 1.12 bits per heavy atom. The summed E-state index contributed by atoms with van der Waals surface area (Å²) >= 11 is 1.06. The van der Waals surface area contributed by atoms with E-state index in [1.807, 2.05) is 0 Å². The fourth-order valence-electron chi connectivity index (χ4n) is 2.06. The van der Waals surface area contributed by atoms with Gasteiger partial charge in [-0.05, 0) is 42.5 Å². The van der Waals surface area contributed by atoms with Crippen LogP contribution in [0.15, 0.2) is 46.8 Å². The normalized spacial score (nSPS) is 11.4. The lowest BCUT2D eigenvalue weighted by Crippen LogP contribution is -2.19. The maximum absolute atomic E-state index is 12.9. The lowest BCUT2D eigenvalue weighted by Gasteiger charge is -2.07. The van der Waals surface area contributed by atoms with Crippen molar-refractivity contribution < 1.29 is 17.6 Å². The molecule has 1 aromatic heterocycles. The van der Waals surface area contributed by atoms with Crippen molar-refractivity contribution in [3.63, 3.8) is 0 Å². The number of aromatic nitrogens is 1. The number of nitrogens with one attached hydrogen (secondary N) is 2. The summed E-state index contributed by atoms with van der Waals surface area (Å²) in [6.45, 7) is 1.56. The van der Waals surface area contributed by atoms with Crippen LogP contribution in [-0.2, 0) is 9.84 Å². The Labute approximate surface area is 147 Å². The Morgan fingerprint density at radius 3 is 2.44 bits per heavy atom. The van der Waals surface area contributed by atoms with Gasteiger partial charge in [0.05, 0.1) is 16.0 Å². The number of benzene rings is 2. The number of hydrogen-bond acceptors (Lipinski definition) is 5. The predicted molar refractivity (Wildman–Crippen MR) is 96.4 cm³/mol. The molecule has 0 fully saturated rings. The summed E-state index contributed by atoms with van der Waals surface area (Å²) in [7, 11) is -3.36. The predicted octanol–water partition coefficient (Wildman–Crippen LogP) is 3.87. The number of halogens is 1. The van der Waals surface area contributed by atoms with Gasteiger partial charge in [0, 0.05) is 11.4 Å². The Morgan fingerprint density at radius 2 is 1.76 bits per heavy atom. The van der Waals surface area contributed by atoms with Crippen LogP contribution in [0.3, 0.4) is 0 Å². The molecule has 3 rings (SSSR count). The van der Waals surface area contributed by atoms with E-state index >= 15 is 0 Å². The molecule has 0 atom stereocenters. The zero-order chi connectivity index (χ0) is 18.0. The minimum Gasteiger partial charge on any atom is -0.308 e. The second-order valence-corrected chi connectivity index (χ2v) is 8.63. The van der Waals surface area contributed by atoms with Crippen LogP contribution >= 0.6 is 11.3 Å². The van der Waals surface area contributed by atoms with Crippen LogP contribution < -0.4 is 10.6 Å². The molecule has 0 aliphatic carbocycles. The highest BCUT2D eigenvalue weighted by molar-refractivity contribution is 7.93. The first kappa shape index (κ1) is 17.3. The average Bonchev–Trinajstić information content (AvgIpc) is 3.01. The van der Waals surface area contributed by atoms with Crippen molar-refractivity contribution in [2.24, 2.45) is 0 Å². The number of sulfone groups is 1. The van der Waals surface area contributed by atoms with Gasteiger partial charge in [-0.25, -0.2) is 22.6 Å². The van der Waals surface area contributed by atoms with Crippen LogP contribution in [0, 0.1) is 5.82 Å². The van der Waals surface area contributed by atoms with Gasteiger partial charge in [-0.2, -0.15) is 0 Å². The molecule has 0 saturated heterocycles. The number of amides is 2. The van der Waals surface area contributed by atoms with Crippen LogP contribution in [0.2, 0.25) is 0 Å². The molecule has 25 heavy (non-hydrogen) atoms. The van der Waals surface area contributed by atoms with E-state index in [0.29, 0.717) is 21.6 Å². The Balaban J connectivity index is 1.77. The summed E-state index contributed by atoms with van der Waals surface area (Å²) in [5.74, 6) is -0.405. The summed E-state index contributed by atoms with van der Waals surface area (Å²) in [6.07, 6.45) is 0. The molecular formula is C16H14FN3O3S2. The molecule has 0 radical (unpaired) electrons. The van der Waals surface area contributed by atoms with Crippen molar-refractivity contribution in [1.29, 1.82) is 0 Å². The quantitative estimate of drug-likeness (QED) is 0.720. The van der Waals surface area contributed by atoms with Gasteiger partial charge in [-0.3, -0.25) is 0 Å². The second-order valence-electron chi connectivity index (χ2n) is 5.15. The molecule has 0 bridgehead atoms. The van der Waals surface area contributed by atoms with E-state index in [1.165, 1.54) is 24.3 Å². The fourth-order valence-corrected chi connectivity index (χ4v) is 4.42. The molecule has 0 aliphatic rings. The second kappa shape index (κ2) is 6.77. The van der Waals surface area contributed by atoms with Gasteiger partial charge in [0.1, 0.15) is 5.82 Å². The number of anilines is 2. The lowest BCUT2D eigenvalue weighted by molar-refractivity contribution is 0.262. The minimum atomic E-state index is -3.36. The van der Waals surface area contributed by atoms with E-state index in [-0.39, 0.29) is 15.9 Å². The molecule has 2 aromatic carbocycles. The van der Waals surface area contributed by atoms with E-state index in [9.17, 15) is 17.6 Å². The lowest BCUT2D eigenvalue weighted by atomic mass is 10.3. The van der Waals surface area contributed by atoms with Crippen molar-refractivity contribution >= 4 is 48.8 Å². The molecular weight excluding hydrogens is 365 g/mol. The first-order chi connectivity index (χ1) is 11.9. The first-order valence-corrected chi connectivity index (χ1v) is 9.81. The summed E-state index contributed by atoms with van der Waals surface area (Å²) in [6, 6.07) is 9.83. The van der Waals surface area contributed by atoms with Crippen LogP contribution in [0.4, 0.5) is 20.6 Å². The van der Waals surface area contributed by atoms with Crippen molar-refractivity contribution in [2.45, 2.75) is 11.3 Å². The Bertz CT molecular complexity index is 1030. The molecule has 3 aromatic rings. The number of fused-ring (bicyclic) bond motifs is 1. The van der Waals surface area contributed by atoms with Gasteiger partial charge < -0.3 is 10.6 Å². The standard InChI is InChI=1S/C16H14FN3O3S2/c1-2-25(22,23)16-20-13-8-7-12(9-14(13)24-16)19-15(21)18-11-5-3-10(17)4-6-11/h3-9H,2H2,1H3,(H2,18,19,21). The maximum Gasteiger partial charge on any atom is 0.323 e. The van der Waals surface area contributed by atoms with Gasteiger partial charge in [-0.15, -0.1) is 11.3 Å². The number of carbonyl (C=O) groups excluding carboxylic acids is 1. The molecule has 0 unspecified atom stereocenters. The van der Waals surface area contributed by atoms with Crippen molar-refractivity contribution in [1.82, 2.24) is 4.98 Å². The fraction of sp³-hybridized carbons (Fsp3) is 0.125. The van der Waals surface area contributed by atoms with E-state index in [1.54, 1.807) is 25.1 Å². The third-order valence-corrected chi connectivity index (χ3v) is 6.58. The third kappa shape index (κ3) is 3.94. The average molecular weight is 379 g/mol. The Kier molecular flexibility index (Phi) is 4.69. The minimum absolute atomic E-state index is 0.0159. The summed E-state index contributed by atoms with van der Waals surface area (Å²) in [5.41, 5.74) is 1.51. The SMILES string of the molecule is CCS(=O)(=O)c1nc2ccc(NC(=O)Nc3ccc(F)cc3)cc2s1. The van der Waals surface area contributed by atoms with Crippen LogP contribution in [0.1, 0.15) is 6.92 Å². The zero-order valence-electron chi connectivity index (χ0n) is 13.1. The topological polar surface area (TPSA) is 88.2 Å². The molecule has 9 heteroatoms. The van der Waals surface area contributed by atoms with Gasteiger partial charge in [0.15, 0.2) is 0 Å². The number of carbonyl (C=O) groups is 1. The van der Waals surface area contributed by atoms with Crippen molar-refractivity contribution in [2.75, 3.05) is 16.4 Å². The molecule has 2 N–H and O–H groups in total. The molecule has 0 aliphatic heterocycles. The molecule has 130 valence electrons. The molecule has 0 saturated carbocycles. The van der Waals surface area contributed by atoms with Gasteiger partial charge in [0.2, 0.25) is 14.2 Å². The van der Waals surface area contributed by atoms with Gasteiger partial charge >= 0.3 is 6.03 Å². The van der Waals surface area contributed by atoms with E-state index in [4.69, 9.17) is 0 Å². The first-order valence-electron chi connectivity index (χ1n) is 7.34. The zero-order valence-corrected chi connectivity index (χ0v) is 14.7. The van der Waals surface area contributed by atoms with Crippen LogP contribution in [0.25, 0.3) is 10.2 Å². The summed E-state index contributed by atoms with van der Waals surface area (Å²) < 4.78 is 37.4. The highest BCUT2D eigenvalue weighted by atomic mass is 32.2. The number of urea groups is 1. The summed E-state index contributed by atoms with van der Waals surface area (Å²) in [5, 5.41) is 5.22. The molecule has 2 amide bonds. The van der Waals surface area contributed by atoms with Crippen LogP contribution in [0.5, 0.6) is 0 Å². The number of nitrogens with zero attached hydrogens (tertiary/aromatic N) is 1. The largest absolute Gasteiger partial charge is 0.323 e. The van der Waals surface area contributed by atoms with E-state index < -0.39 is 15.9 Å². The van der Waals surface area contributed by atoms with Crippen molar-refractivity contribution in [3.05, 3.63) is 48.3 Å². The van der Waals surface area contributed by atoms with Crippen LogP contribution in [-0.4, -0.2) is 25.2 Å². The number of hydrogen-bond donors (Lipinski definition) is 2. The summed E-state index contributed by atoms with van der Waals surface area (Å²) in [4.78, 5) is 16.1. The molecule has 1 heterocycles. The Hall–Kier alpha value is -2.52. The van der Waals surface area contributed by atoms with E-state index in [0.717, 1.165) is 11.3 Å². The van der Waals surface area contributed by atoms with Crippen molar-refractivity contribution in [3.8, 4) is 0 Å². The van der Waals surface area contributed by atoms with E-state index in [2.05, 4.69) is 15.6 Å². The highest BCUT2D eigenvalue weighted by Gasteiger charge is 2.17. The highest BCUT2D eigenvalue weighted by Crippen LogP contribution is 2.28.